The van der Waals surface area contributed by atoms with Crippen molar-refractivity contribution in [1.82, 2.24) is 15.5 Å². The number of nitrogens with one attached hydrogen (secondary N) is 2. The van der Waals surface area contributed by atoms with E-state index >= 15 is 0 Å². The molecule has 2 heterocycles. The van der Waals surface area contributed by atoms with Crippen LogP contribution in [-0.2, 0) is 9.59 Å². The Balaban J connectivity index is 1.62. The lowest BCUT2D eigenvalue weighted by atomic mass is 9.85. The molecule has 2 aliphatic rings. The summed E-state index contributed by atoms with van der Waals surface area (Å²) in [5, 5.41) is 4.88. The molecule has 0 aliphatic carbocycles. The number of methoxy groups -OCH3 is 1. The number of anilines is 1. The van der Waals surface area contributed by atoms with Crippen LogP contribution in [0.15, 0.2) is 12.1 Å². The van der Waals surface area contributed by atoms with E-state index in [9.17, 15) is 23.2 Å². The van der Waals surface area contributed by atoms with E-state index in [1.807, 2.05) is 4.90 Å². The lowest BCUT2D eigenvalue weighted by Crippen LogP contribution is -2.53. The third kappa shape index (κ3) is 4.03. The predicted molar refractivity (Wildman–Crippen MR) is 105 cm³/mol. The van der Waals surface area contributed by atoms with Crippen molar-refractivity contribution in [3.63, 3.8) is 0 Å². The highest BCUT2D eigenvalue weighted by molar-refractivity contribution is 6.07. The maximum Gasteiger partial charge on any atom is 0.322 e. The molecular weight excluding hydrogens is 398 g/mol. The lowest BCUT2D eigenvalue weighted by molar-refractivity contribution is -0.136. The molecule has 164 valence electrons. The maximum atomic E-state index is 13.8. The molecule has 0 saturated carbocycles. The first kappa shape index (κ1) is 21.8. The van der Waals surface area contributed by atoms with E-state index in [0.717, 1.165) is 6.07 Å². The van der Waals surface area contributed by atoms with Gasteiger partial charge in [0.15, 0.2) is 11.6 Å². The zero-order valence-corrected chi connectivity index (χ0v) is 17.3. The van der Waals surface area contributed by atoms with Gasteiger partial charge >= 0.3 is 6.03 Å². The van der Waals surface area contributed by atoms with Crippen LogP contribution in [0.4, 0.5) is 19.3 Å². The minimum Gasteiger partial charge on any atom is -0.493 e. The van der Waals surface area contributed by atoms with Gasteiger partial charge in [0, 0.05) is 49.9 Å². The van der Waals surface area contributed by atoms with Crippen LogP contribution < -0.4 is 20.3 Å². The molecule has 3 rings (SSSR count). The quantitative estimate of drug-likeness (QED) is 0.678. The third-order valence-corrected chi connectivity index (χ3v) is 5.85. The van der Waals surface area contributed by atoms with Crippen LogP contribution in [0.25, 0.3) is 0 Å². The van der Waals surface area contributed by atoms with E-state index in [1.54, 1.807) is 18.7 Å². The highest BCUT2D eigenvalue weighted by atomic mass is 19.2. The van der Waals surface area contributed by atoms with Crippen LogP contribution in [0.2, 0.25) is 0 Å². The fourth-order valence-electron chi connectivity index (χ4n) is 4.05. The number of hydrogen-bond acceptors (Lipinski definition) is 5. The van der Waals surface area contributed by atoms with Crippen molar-refractivity contribution >= 4 is 23.5 Å². The molecular formula is C20H26F2N4O4. The van der Waals surface area contributed by atoms with Crippen molar-refractivity contribution in [1.29, 1.82) is 0 Å². The fraction of sp³-hybridized carbons (Fsp3) is 0.550. The molecule has 0 aromatic heterocycles. The first-order valence-corrected chi connectivity index (χ1v) is 9.91. The number of halogens is 2. The van der Waals surface area contributed by atoms with Gasteiger partial charge in [0.2, 0.25) is 11.7 Å². The molecule has 2 aliphatic heterocycles. The number of urea groups is 1. The summed E-state index contributed by atoms with van der Waals surface area (Å²) >= 11 is 0. The van der Waals surface area contributed by atoms with Gasteiger partial charge in [-0.1, -0.05) is 13.8 Å². The third-order valence-electron chi connectivity index (χ3n) is 5.85. The van der Waals surface area contributed by atoms with Crippen molar-refractivity contribution < 1.29 is 27.9 Å². The van der Waals surface area contributed by atoms with Crippen molar-refractivity contribution in [3.8, 4) is 5.75 Å². The average molecular weight is 424 g/mol. The van der Waals surface area contributed by atoms with Crippen molar-refractivity contribution in [2.24, 2.45) is 5.92 Å². The Morgan fingerprint density at radius 2 is 1.90 bits per heavy atom. The lowest BCUT2D eigenvalue weighted by Gasteiger charge is -2.38. The topological polar surface area (TPSA) is 91.0 Å². The molecule has 0 unspecified atom stereocenters. The zero-order valence-electron chi connectivity index (χ0n) is 17.3. The van der Waals surface area contributed by atoms with Gasteiger partial charge in [-0.25, -0.2) is 9.18 Å². The van der Waals surface area contributed by atoms with Crippen LogP contribution in [-0.4, -0.2) is 61.6 Å². The SMILES string of the molecule is CC[C@]1(C[C@H](C)C(=O)N2CCN(c3cc(F)c(F)c(OC)c3)CC2)NC(=O)NC1=O. The molecule has 0 spiro atoms. The summed E-state index contributed by atoms with van der Waals surface area (Å²) in [7, 11) is 1.27. The minimum atomic E-state index is -1.07. The van der Waals surface area contributed by atoms with E-state index in [0.29, 0.717) is 38.3 Å². The molecule has 2 N–H and O–H groups in total. The summed E-state index contributed by atoms with van der Waals surface area (Å²) in [6.07, 6.45) is 0.592. The molecule has 2 atom stereocenters. The first-order valence-electron chi connectivity index (χ1n) is 9.91. The molecule has 8 nitrogen and oxygen atoms in total. The highest BCUT2D eigenvalue weighted by Gasteiger charge is 2.46. The second kappa shape index (κ2) is 8.45. The maximum absolute atomic E-state index is 13.8. The predicted octanol–water partition coefficient (Wildman–Crippen LogP) is 1.64. The minimum absolute atomic E-state index is 0.112. The summed E-state index contributed by atoms with van der Waals surface area (Å²) in [6.45, 7) is 5.23. The molecule has 30 heavy (non-hydrogen) atoms. The van der Waals surface area contributed by atoms with E-state index in [1.165, 1.54) is 13.2 Å². The Hall–Kier alpha value is -2.91. The van der Waals surface area contributed by atoms with E-state index in [2.05, 4.69) is 10.6 Å². The summed E-state index contributed by atoms with van der Waals surface area (Å²) < 4.78 is 32.3. The van der Waals surface area contributed by atoms with Gasteiger partial charge in [0.05, 0.1) is 7.11 Å². The monoisotopic (exact) mass is 424 g/mol. The second-order valence-corrected chi connectivity index (χ2v) is 7.71. The van der Waals surface area contributed by atoms with Gasteiger partial charge in [-0.05, 0) is 12.8 Å². The Labute approximate surface area is 173 Å². The smallest absolute Gasteiger partial charge is 0.322 e. The molecule has 0 radical (unpaired) electrons. The standard InChI is InChI=1S/C20H26F2N4O4/c1-4-20(18(28)23-19(29)24-20)11-12(2)17(27)26-7-5-25(6-8-26)13-9-14(21)16(22)15(10-13)30-3/h9-10,12H,4-8,11H2,1-3H3,(H2,23,24,28,29)/t12-,20+/m0/s1. The van der Waals surface area contributed by atoms with Gasteiger partial charge in [0.25, 0.3) is 5.91 Å². The number of carbonyl (C=O) groups excluding carboxylic acids is 3. The van der Waals surface area contributed by atoms with Gasteiger partial charge in [-0.15, -0.1) is 0 Å². The van der Waals surface area contributed by atoms with Gasteiger partial charge < -0.3 is 19.9 Å². The zero-order chi connectivity index (χ0) is 22.1. The van der Waals surface area contributed by atoms with Crippen molar-refractivity contribution in [2.45, 2.75) is 32.2 Å². The molecule has 2 saturated heterocycles. The number of nitrogens with zero attached hydrogens (tertiary/aromatic N) is 2. The van der Waals surface area contributed by atoms with E-state index in [4.69, 9.17) is 4.74 Å². The Bertz CT molecular complexity index is 857. The number of ether oxygens (including phenoxy) is 1. The summed E-state index contributed by atoms with van der Waals surface area (Å²) in [6, 6.07) is 2.01. The van der Waals surface area contributed by atoms with Gasteiger partial charge in [0.1, 0.15) is 5.54 Å². The van der Waals surface area contributed by atoms with Crippen LogP contribution in [0.5, 0.6) is 5.75 Å². The largest absolute Gasteiger partial charge is 0.493 e. The van der Waals surface area contributed by atoms with Gasteiger partial charge in [-0.3, -0.25) is 14.9 Å². The number of hydrogen-bond donors (Lipinski definition) is 2. The van der Waals surface area contributed by atoms with Crippen LogP contribution in [0.1, 0.15) is 26.7 Å². The molecule has 1 aromatic carbocycles. The number of benzene rings is 1. The molecule has 0 bridgehead atoms. The van der Waals surface area contributed by atoms with Crippen molar-refractivity contribution in [2.75, 3.05) is 38.2 Å². The first-order chi connectivity index (χ1) is 14.2. The Morgan fingerprint density at radius 1 is 1.23 bits per heavy atom. The average Bonchev–Trinajstić information content (AvgIpc) is 3.02. The number of rotatable bonds is 6. The van der Waals surface area contributed by atoms with Crippen molar-refractivity contribution in [3.05, 3.63) is 23.8 Å². The van der Waals surface area contributed by atoms with Gasteiger partial charge in [-0.2, -0.15) is 4.39 Å². The number of amides is 4. The Kier molecular flexibility index (Phi) is 6.14. The molecule has 4 amide bonds. The summed E-state index contributed by atoms with van der Waals surface area (Å²) in [4.78, 5) is 40.2. The molecule has 2 fully saturated rings. The summed E-state index contributed by atoms with van der Waals surface area (Å²) in [5.74, 6) is -3.18. The van der Waals surface area contributed by atoms with E-state index in [-0.39, 0.29) is 18.1 Å². The van der Waals surface area contributed by atoms with Crippen LogP contribution in [0, 0.1) is 17.6 Å². The molecule has 1 aromatic rings. The normalized spacial score (nSPS) is 22.6. The number of piperazine rings is 1. The molecule has 10 heteroatoms. The van der Waals surface area contributed by atoms with E-state index < -0.39 is 35.0 Å². The Morgan fingerprint density at radius 3 is 2.43 bits per heavy atom. The highest BCUT2D eigenvalue weighted by Crippen LogP contribution is 2.29. The fourth-order valence-corrected chi connectivity index (χ4v) is 4.05. The number of imide groups is 1. The summed E-state index contributed by atoms with van der Waals surface area (Å²) in [5.41, 5.74) is -0.586. The van der Waals surface area contributed by atoms with Crippen LogP contribution in [0.3, 0.4) is 0 Å². The second-order valence-electron chi connectivity index (χ2n) is 7.71. The number of carbonyl (C=O) groups is 3. The van der Waals surface area contributed by atoms with Crippen LogP contribution >= 0.6 is 0 Å².